The molecule has 0 spiro atoms. The molecule has 1 aliphatic carbocycles. The third-order valence-electron chi connectivity index (χ3n) is 4.27. The van der Waals surface area contributed by atoms with E-state index in [9.17, 15) is 17.6 Å². The number of hydrogen-bond acceptors (Lipinski definition) is 6. The third kappa shape index (κ3) is 3.29. The van der Waals surface area contributed by atoms with Gasteiger partial charge in [-0.15, -0.1) is 10.2 Å². The monoisotopic (exact) mass is 383 g/mol. The number of aromatic nitrogens is 5. The number of hydrogen-bond donors (Lipinski definition) is 0. The maximum atomic E-state index is 14.1. The van der Waals surface area contributed by atoms with Gasteiger partial charge in [-0.3, -0.25) is 9.38 Å². The summed E-state index contributed by atoms with van der Waals surface area (Å²) in [5, 5.41) is 8.19. The number of methoxy groups -OCH3 is 1. The van der Waals surface area contributed by atoms with Gasteiger partial charge in [0.2, 0.25) is 0 Å². The molecule has 0 saturated heterocycles. The smallest absolute Gasteiger partial charge is 0.422 e. The Morgan fingerprint density at radius 2 is 1.96 bits per heavy atom. The molecular weight excluding hydrogens is 370 g/mol. The van der Waals surface area contributed by atoms with Gasteiger partial charge in [-0.05, 0) is 18.9 Å². The van der Waals surface area contributed by atoms with Crippen molar-refractivity contribution >= 4 is 5.65 Å². The Bertz CT molecular complexity index is 1000. The minimum absolute atomic E-state index is 0.274. The topological polar surface area (TPSA) is 74.4 Å². The summed E-state index contributed by atoms with van der Waals surface area (Å²) in [5.41, 5.74) is 0.632. The van der Waals surface area contributed by atoms with Crippen LogP contribution in [0, 0.1) is 5.82 Å². The molecule has 1 saturated carbocycles. The van der Waals surface area contributed by atoms with Crippen molar-refractivity contribution < 1.29 is 27.0 Å². The summed E-state index contributed by atoms with van der Waals surface area (Å²) in [6.07, 6.45) is 1.30. The van der Waals surface area contributed by atoms with E-state index in [-0.39, 0.29) is 5.56 Å². The lowest BCUT2D eigenvalue weighted by molar-refractivity contribution is -0.154. The number of halogens is 4. The molecule has 0 bridgehead atoms. The predicted octanol–water partition coefficient (Wildman–Crippen LogP) is 2.90. The fraction of sp³-hybridized carbons (Fsp3) is 0.375. The molecule has 142 valence electrons. The van der Waals surface area contributed by atoms with Crippen molar-refractivity contribution in [3.63, 3.8) is 0 Å². The zero-order chi connectivity index (χ0) is 19.2. The van der Waals surface area contributed by atoms with Crippen molar-refractivity contribution in [3.8, 4) is 17.1 Å². The first-order chi connectivity index (χ1) is 12.8. The minimum atomic E-state index is -4.58. The first-order valence-electron chi connectivity index (χ1n) is 7.93. The van der Waals surface area contributed by atoms with Crippen molar-refractivity contribution in [2.24, 2.45) is 0 Å². The summed E-state index contributed by atoms with van der Waals surface area (Å²) in [7, 11) is 1.59. The molecule has 0 aromatic carbocycles. The first kappa shape index (κ1) is 17.6. The highest BCUT2D eigenvalue weighted by Crippen LogP contribution is 2.47. The molecule has 27 heavy (non-hydrogen) atoms. The maximum Gasteiger partial charge on any atom is 0.422 e. The van der Waals surface area contributed by atoms with Crippen molar-refractivity contribution in [2.75, 3.05) is 13.7 Å². The Morgan fingerprint density at radius 3 is 2.59 bits per heavy atom. The van der Waals surface area contributed by atoms with E-state index in [1.54, 1.807) is 17.7 Å². The van der Waals surface area contributed by atoms with Gasteiger partial charge in [-0.2, -0.15) is 13.2 Å². The van der Waals surface area contributed by atoms with Gasteiger partial charge in [0.25, 0.3) is 5.88 Å². The Morgan fingerprint density at radius 1 is 1.19 bits per heavy atom. The zero-order valence-electron chi connectivity index (χ0n) is 14.0. The van der Waals surface area contributed by atoms with Crippen LogP contribution in [0.25, 0.3) is 16.9 Å². The van der Waals surface area contributed by atoms with Gasteiger partial charge >= 0.3 is 6.18 Å². The van der Waals surface area contributed by atoms with E-state index in [1.807, 2.05) is 0 Å². The van der Waals surface area contributed by atoms with Crippen LogP contribution in [0.15, 0.2) is 24.7 Å². The highest BCUT2D eigenvalue weighted by Gasteiger charge is 2.49. The fourth-order valence-electron chi connectivity index (χ4n) is 2.72. The van der Waals surface area contributed by atoms with Crippen LogP contribution >= 0.6 is 0 Å². The van der Waals surface area contributed by atoms with Crippen LogP contribution in [0.4, 0.5) is 17.6 Å². The molecule has 3 aromatic heterocycles. The second-order valence-electron chi connectivity index (χ2n) is 6.14. The molecule has 4 rings (SSSR count). The van der Waals surface area contributed by atoms with Gasteiger partial charge in [0.1, 0.15) is 5.60 Å². The van der Waals surface area contributed by atoms with Crippen LogP contribution in [0.3, 0.4) is 0 Å². The van der Waals surface area contributed by atoms with Crippen LogP contribution in [-0.4, -0.2) is 44.5 Å². The largest absolute Gasteiger partial charge is 0.466 e. The highest BCUT2D eigenvalue weighted by molar-refractivity contribution is 5.59. The Hall–Kier alpha value is -2.82. The number of ether oxygens (including phenoxy) is 2. The van der Waals surface area contributed by atoms with Gasteiger partial charge in [-0.1, -0.05) is 0 Å². The predicted molar refractivity (Wildman–Crippen MR) is 83.4 cm³/mol. The summed E-state index contributed by atoms with van der Waals surface area (Å²) in [4.78, 5) is 7.81. The highest BCUT2D eigenvalue weighted by atomic mass is 19.4. The molecule has 11 heteroatoms. The minimum Gasteiger partial charge on any atom is -0.466 e. The molecular formula is C16H13F4N5O2. The van der Waals surface area contributed by atoms with Crippen LogP contribution in [0.5, 0.6) is 5.88 Å². The molecule has 0 unspecified atom stereocenters. The zero-order valence-corrected chi connectivity index (χ0v) is 14.0. The molecule has 1 fully saturated rings. The Kier molecular flexibility index (Phi) is 3.98. The number of pyridine rings is 1. The SMILES string of the molecule is COC1(c2nnc3cnc(-c4cnc(OCC(F)(F)F)c(F)c4)cn23)CC1. The molecule has 7 nitrogen and oxygen atoms in total. The quantitative estimate of drug-likeness (QED) is 0.631. The number of rotatable bonds is 5. The fourth-order valence-corrected chi connectivity index (χ4v) is 2.72. The lowest BCUT2D eigenvalue weighted by Gasteiger charge is -2.12. The molecule has 0 amide bonds. The summed E-state index contributed by atoms with van der Waals surface area (Å²) >= 11 is 0. The molecule has 0 radical (unpaired) electrons. The number of fused-ring (bicyclic) bond motifs is 1. The summed E-state index contributed by atoms with van der Waals surface area (Å²) in [6, 6.07) is 1.01. The van der Waals surface area contributed by atoms with E-state index in [0.29, 0.717) is 17.2 Å². The molecule has 3 heterocycles. The molecule has 1 aliphatic rings. The lowest BCUT2D eigenvalue weighted by Crippen LogP contribution is -2.20. The average Bonchev–Trinajstić information content (AvgIpc) is 3.31. The van der Waals surface area contributed by atoms with Crippen molar-refractivity contribution in [2.45, 2.75) is 24.6 Å². The second kappa shape index (κ2) is 6.12. The van der Waals surface area contributed by atoms with E-state index in [0.717, 1.165) is 18.9 Å². The van der Waals surface area contributed by atoms with Gasteiger partial charge in [0.05, 0.1) is 11.9 Å². The molecule has 0 N–H and O–H groups in total. The number of alkyl halides is 3. The second-order valence-corrected chi connectivity index (χ2v) is 6.14. The van der Waals surface area contributed by atoms with E-state index >= 15 is 0 Å². The average molecular weight is 383 g/mol. The van der Waals surface area contributed by atoms with E-state index in [1.165, 1.54) is 12.4 Å². The Balaban J connectivity index is 1.66. The van der Waals surface area contributed by atoms with Gasteiger partial charge in [0, 0.05) is 25.1 Å². The van der Waals surface area contributed by atoms with Gasteiger partial charge < -0.3 is 9.47 Å². The van der Waals surface area contributed by atoms with Gasteiger partial charge in [-0.25, -0.2) is 9.37 Å². The molecule has 3 aromatic rings. The summed E-state index contributed by atoms with van der Waals surface area (Å²) in [6.45, 7) is -1.62. The standard InChI is InChI=1S/C16H13F4N5O2/c1-26-15(2-3-15)14-24-23-12-6-21-11(7-25(12)14)9-4-10(17)13(22-5-9)27-8-16(18,19)20/h4-7H,2-3,8H2,1H3. The third-order valence-corrected chi connectivity index (χ3v) is 4.27. The molecule has 0 aliphatic heterocycles. The number of nitrogens with zero attached hydrogens (tertiary/aromatic N) is 5. The summed E-state index contributed by atoms with van der Waals surface area (Å²) < 4.78 is 62.2. The van der Waals surface area contributed by atoms with Crippen LogP contribution in [0.2, 0.25) is 0 Å². The van der Waals surface area contributed by atoms with Crippen molar-refractivity contribution in [1.82, 2.24) is 24.6 Å². The van der Waals surface area contributed by atoms with Crippen LogP contribution in [0.1, 0.15) is 18.7 Å². The summed E-state index contributed by atoms with van der Waals surface area (Å²) in [5.74, 6) is -1.13. The van der Waals surface area contributed by atoms with Crippen LogP contribution in [-0.2, 0) is 10.3 Å². The van der Waals surface area contributed by atoms with E-state index in [4.69, 9.17) is 4.74 Å². The Labute approximate surface area is 150 Å². The van der Waals surface area contributed by atoms with Gasteiger partial charge in [0.15, 0.2) is 23.9 Å². The normalized spacial score (nSPS) is 15.9. The maximum absolute atomic E-state index is 14.1. The van der Waals surface area contributed by atoms with E-state index in [2.05, 4.69) is 24.9 Å². The lowest BCUT2D eigenvalue weighted by atomic mass is 10.2. The van der Waals surface area contributed by atoms with Crippen molar-refractivity contribution in [3.05, 3.63) is 36.3 Å². The van der Waals surface area contributed by atoms with E-state index < -0.39 is 30.1 Å². The molecule has 0 atom stereocenters. The van der Waals surface area contributed by atoms with Crippen molar-refractivity contribution in [1.29, 1.82) is 0 Å². The van der Waals surface area contributed by atoms with Crippen LogP contribution < -0.4 is 4.74 Å². The first-order valence-corrected chi connectivity index (χ1v) is 7.93.